The fourth-order valence-electron chi connectivity index (χ4n) is 2.93. The molecule has 2 aromatic rings. The first-order chi connectivity index (χ1) is 11.6. The second-order valence-electron chi connectivity index (χ2n) is 6.01. The molecule has 1 aliphatic carbocycles. The predicted molar refractivity (Wildman–Crippen MR) is 89.2 cm³/mol. The van der Waals surface area contributed by atoms with E-state index in [2.05, 4.69) is 5.32 Å². The van der Waals surface area contributed by atoms with Gasteiger partial charge in [0.2, 0.25) is 0 Å². The summed E-state index contributed by atoms with van der Waals surface area (Å²) in [6, 6.07) is 11.7. The van der Waals surface area contributed by atoms with Gasteiger partial charge in [0, 0.05) is 12.0 Å². The largest absolute Gasteiger partial charge is 0.496 e. The van der Waals surface area contributed by atoms with Gasteiger partial charge in [-0.2, -0.15) is 0 Å². The van der Waals surface area contributed by atoms with Crippen molar-refractivity contribution in [2.24, 2.45) is 0 Å². The number of hydrogen-bond acceptors (Lipinski definition) is 3. The van der Waals surface area contributed by atoms with E-state index in [1.807, 2.05) is 0 Å². The van der Waals surface area contributed by atoms with Crippen LogP contribution in [0.2, 0.25) is 0 Å². The monoisotopic (exact) mass is 329 g/mol. The highest BCUT2D eigenvalue weighted by Crippen LogP contribution is 2.47. The number of carbonyl (C=O) groups is 1. The molecule has 1 N–H and O–H groups in total. The molecule has 0 aliphatic heterocycles. The molecule has 0 saturated heterocycles. The Morgan fingerprint density at radius 2 is 1.67 bits per heavy atom. The summed E-state index contributed by atoms with van der Waals surface area (Å²) in [4.78, 5) is 12.6. The van der Waals surface area contributed by atoms with Crippen molar-refractivity contribution in [3.8, 4) is 11.5 Å². The summed E-state index contributed by atoms with van der Waals surface area (Å²) in [7, 11) is 3.04. The van der Waals surface area contributed by atoms with Crippen LogP contribution in [0.5, 0.6) is 11.5 Å². The van der Waals surface area contributed by atoms with Crippen LogP contribution in [0.25, 0.3) is 0 Å². The van der Waals surface area contributed by atoms with Crippen molar-refractivity contribution in [1.82, 2.24) is 5.32 Å². The summed E-state index contributed by atoms with van der Waals surface area (Å²) in [5.74, 6) is 0.451. The van der Waals surface area contributed by atoms with Crippen LogP contribution in [0, 0.1) is 5.82 Å². The lowest BCUT2D eigenvalue weighted by Crippen LogP contribution is -2.32. The molecule has 2 aromatic carbocycles. The summed E-state index contributed by atoms with van der Waals surface area (Å²) in [6.45, 7) is 0.499. The topological polar surface area (TPSA) is 47.6 Å². The Hall–Kier alpha value is -2.56. The number of carbonyl (C=O) groups excluding carboxylic acids is 1. The minimum absolute atomic E-state index is 0.0986. The Labute approximate surface area is 140 Å². The van der Waals surface area contributed by atoms with Crippen molar-refractivity contribution in [2.45, 2.75) is 18.3 Å². The molecular weight excluding hydrogens is 309 g/mol. The van der Waals surface area contributed by atoms with E-state index in [0.717, 1.165) is 18.4 Å². The minimum atomic E-state index is -0.252. The molecule has 0 unspecified atom stereocenters. The molecule has 0 bridgehead atoms. The van der Waals surface area contributed by atoms with Gasteiger partial charge in [-0.15, -0.1) is 0 Å². The van der Waals surface area contributed by atoms with Gasteiger partial charge in [0.1, 0.15) is 22.9 Å². The number of ether oxygens (including phenoxy) is 2. The number of benzene rings is 2. The van der Waals surface area contributed by atoms with E-state index in [1.54, 1.807) is 30.3 Å². The van der Waals surface area contributed by atoms with E-state index in [1.165, 1.54) is 26.4 Å². The van der Waals surface area contributed by atoms with Crippen molar-refractivity contribution in [3.63, 3.8) is 0 Å². The van der Waals surface area contributed by atoms with Gasteiger partial charge in [-0.3, -0.25) is 4.79 Å². The number of hydrogen-bond donors (Lipinski definition) is 1. The smallest absolute Gasteiger partial charge is 0.258 e. The fourth-order valence-corrected chi connectivity index (χ4v) is 2.93. The average molecular weight is 329 g/mol. The van der Waals surface area contributed by atoms with E-state index in [0.29, 0.717) is 23.6 Å². The lowest BCUT2D eigenvalue weighted by atomic mass is 9.96. The molecular formula is C19H20FNO3. The zero-order chi connectivity index (χ0) is 17.2. The number of amides is 1. The third-order valence-corrected chi connectivity index (χ3v) is 4.55. The van der Waals surface area contributed by atoms with Gasteiger partial charge < -0.3 is 14.8 Å². The first-order valence-electron chi connectivity index (χ1n) is 7.85. The van der Waals surface area contributed by atoms with E-state index < -0.39 is 0 Å². The molecule has 1 aliphatic rings. The van der Waals surface area contributed by atoms with Gasteiger partial charge in [0.05, 0.1) is 14.2 Å². The highest BCUT2D eigenvalue weighted by Gasteiger charge is 2.44. The molecule has 1 fully saturated rings. The Morgan fingerprint density at radius 1 is 1.08 bits per heavy atom. The van der Waals surface area contributed by atoms with Gasteiger partial charge in [-0.05, 0) is 42.7 Å². The maximum Gasteiger partial charge on any atom is 0.258 e. The first-order valence-corrected chi connectivity index (χ1v) is 7.85. The van der Waals surface area contributed by atoms with Crippen molar-refractivity contribution >= 4 is 5.91 Å². The Morgan fingerprint density at radius 3 is 2.17 bits per heavy atom. The molecule has 0 aromatic heterocycles. The molecule has 4 nitrogen and oxygen atoms in total. The summed E-state index contributed by atoms with van der Waals surface area (Å²) in [6.07, 6.45) is 1.95. The second-order valence-corrected chi connectivity index (χ2v) is 6.01. The van der Waals surface area contributed by atoms with Gasteiger partial charge in [0.25, 0.3) is 5.91 Å². The molecule has 5 heteroatoms. The Balaban J connectivity index is 1.76. The lowest BCUT2D eigenvalue weighted by Gasteiger charge is -2.18. The SMILES string of the molecule is COc1cccc(OC)c1C(=O)NCC1(c2ccc(F)cc2)CC1. The predicted octanol–water partition coefficient (Wildman–Crippen LogP) is 3.30. The third-order valence-electron chi connectivity index (χ3n) is 4.55. The van der Waals surface area contributed by atoms with Crippen LogP contribution >= 0.6 is 0 Å². The second kappa shape index (κ2) is 6.51. The highest BCUT2D eigenvalue weighted by atomic mass is 19.1. The van der Waals surface area contributed by atoms with Gasteiger partial charge in [-0.1, -0.05) is 18.2 Å². The molecule has 1 saturated carbocycles. The van der Waals surface area contributed by atoms with Crippen LogP contribution in [0.1, 0.15) is 28.8 Å². The van der Waals surface area contributed by atoms with Crippen LogP contribution in [-0.2, 0) is 5.41 Å². The van der Waals surface area contributed by atoms with Gasteiger partial charge in [-0.25, -0.2) is 4.39 Å². The van der Waals surface area contributed by atoms with Gasteiger partial charge in [0.15, 0.2) is 0 Å². The van der Waals surface area contributed by atoms with Crippen LogP contribution < -0.4 is 14.8 Å². The quantitative estimate of drug-likeness (QED) is 0.884. The maximum absolute atomic E-state index is 13.1. The highest BCUT2D eigenvalue weighted by molar-refractivity contribution is 5.99. The lowest BCUT2D eigenvalue weighted by molar-refractivity contribution is 0.0943. The fraction of sp³-hybridized carbons (Fsp3) is 0.316. The molecule has 0 atom stereocenters. The Bertz CT molecular complexity index is 717. The van der Waals surface area contributed by atoms with E-state index in [4.69, 9.17) is 9.47 Å². The number of nitrogens with one attached hydrogen (secondary N) is 1. The first kappa shape index (κ1) is 16.3. The molecule has 3 rings (SSSR count). The molecule has 0 heterocycles. The van der Waals surface area contributed by atoms with Crippen molar-refractivity contribution in [3.05, 3.63) is 59.4 Å². The molecule has 0 spiro atoms. The maximum atomic E-state index is 13.1. The van der Waals surface area contributed by atoms with E-state index in [-0.39, 0.29) is 17.1 Å². The standard InChI is InChI=1S/C19H20FNO3/c1-23-15-4-3-5-16(24-2)17(15)18(22)21-12-19(10-11-19)13-6-8-14(20)9-7-13/h3-9H,10-12H2,1-2H3,(H,21,22). The normalized spacial score (nSPS) is 14.8. The van der Waals surface area contributed by atoms with Crippen molar-refractivity contribution in [2.75, 3.05) is 20.8 Å². The molecule has 24 heavy (non-hydrogen) atoms. The average Bonchev–Trinajstić information content (AvgIpc) is 3.40. The van der Waals surface area contributed by atoms with Crippen LogP contribution in [0.4, 0.5) is 4.39 Å². The third kappa shape index (κ3) is 3.07. The molecule has 0 radical (unpaired) electrons. The summed E-state index contributed by atoms with van der Waals surface area (Å²) in [5, 5.41) is 2.97. The summed E-state index contributed by atoms with van der Waals surface area (Å²) in [5.41, 5.74) is 1.34. The zero-order valence-electron chi connectivity index (χ0n) is 13.8. The number of halogens is 1. The van der Waals surface area contributed by atoms with Crippen LogP contribution in [0.15, 0.2) is 42.5 Å². The van der Waals surface area contributed by atoms with Gasteiger partial charge >= 0.3 is 0 Å². The van der Waals surface area contributed by atoms with Crippen molar-refractivity contribution < 1.29 is 18.7 Å². The number of rotatable bonds is 6. The zero-order valence-corrected chi connectivity index (χ0v) is 13.8. The number of methoxy groups -OCH3 is 2. The summed E-state index contributed by atoms with van der Waals surface area (Å²) >= 11 is 0. The van der Waals surface area contributed by atoms with E-state index in [9.17, 15) is 9.18 Å². The molecule has 126 valence electrons. The van der Waals surface area contributed by atoms with E-state index >= 15 is 0 Å². The van der Waals surface area contributed by atoms with Crippen molar-refractivity contribution in [1.29, 1.82) is 0 Å². The van der Waals surface area contributed by atoms with Crippen LogP contribution in [0.3, 0.4) is 0 Å². The minimum Gasteiger partial charge on any atom is -0.496 e. The molecule has 1 amide bonds. The van der Waals surface area contributed by atoms with Crippen LogP contribution in [-0.4, -0.2) is 26.7 Å². The Kier molecular flexibility index (Phi) is 4.42. The summed E-state index contributed by atoms with van der Waals surface area (Å²) < 4.78 is 23.6.